The van der Waals surface area contributed by atoms with Crippen LogP contribution in [0.3, 0.4) is 0 Å². The van der Waals surface area contributed by atoms with Crippen LogP contribution in [0.15, 0.2) is 47.3 Å². The van der Waals surface area contributed by atoms with Gasteiger partial charge in [-0.1, -0.05) is 11.6 Å². The van der Waals surface area contributed by atoms with Crippen molar-refractivity contribution in [1.29, 1.82) is 0 Å². The maximum absolute atomic E-state index is 11.4. The highest BCUT2D eigenvalue weighted by Crippen LogP contribution is 2.30. The van der Waals surface area contributed by atoms with Gasteiger partial charge in [-0.25, -0.2) is 14.5 Å². The van der Waals surface area contributed by atoms with E-state index < -0.39 is 5.97 Å². The molecule has 3 aromatic rings. The van der Waals surface area contributed by atoms with Crippen molar-refractivity contribution in [2.45, 2.75) is 0 Å². The van der Waals surface area contributed by atoms with Crippen LogP contribution in [0.1, 0.15) is 10.5 Å². The second kappa shape index (κ2) is 5.86. The van der Waals surface area contributed by atoms with Gasteiger partial charge in [0.15, 0.2) is 11.5 Å². The number of aromatic carboxylic acids is 1. The smallest absolute Gasteiger partial charge is 0.354 e. The predicted molar refractivity (Wildman–Crippen MR) is 84.3 cm³/mol. The normalized spacial score (nSPS) is 10.6. The molecule has 6 nitrogen and oxygen atoms in total. The van der Waals surface area contributed by atoms with E-state index in [0.29, 0.717) is 26.7 Å². The monoisotopic (exact) mass is 378 g/mol. The minimum atomic E-state index is -1.11. The first-order valence-corrected chi connectivity index (χ1v) is 7.30. The van der Waals surface area contributed by atoms with Crippen LogP contribution < -0.4 is 0 Å². The molecule has 110 valence electrons. The fourth-order valence-corrected chi connectivity index (χ4v) is 2.60. The zero-order chi connectivity index (χ0) is 15.7. The van der Waals surface area contributed by atoms with Gasteiger partial charge in [0.1, 0.15) is 4.60 Å². The minimum absolute atomic E-state index is 0.0149. The molecule has 0 aliphatic rings. The third-order valence-electron chi connectivity index (χ3n) is 2.90. The Morgan fingerprint density at radius 1 is 1.23 bits per heavy atom. The van der Waals surface area contributed by atoms with E-state index >= 15 is 0 Å². The van der Waals surface area contributed by atoms with Gasteiger partial charge >= 0.3 is 5.97 Å². The fraction of sp³-hybridized carbons (Fsp3) is 0. The molecule has 0 aliphatic carbocycles. The van der Waals surface area contributed by atoms with Crippen molar-refractivity contribution in [2.75, 3.05) is 0 Å². The second-order valence-electron chi connectivity index (χ2n) is 4.28. The Morgan fingerprint density at radius 2 is 1.95 bits per heavy atom. The van der Waals surface area contributed by atoms with E-state index in [2.05, 4.69) is 31.0 Å². The Labute approximate surface area is 138 Å². The highest BCUT2D eigenvalue weighted by molar-refractivity contribution is 9.10. The molecule has 0 amide bonds. The lowest BCUT2D eigenvalue weighted by molar-refractivity contribution is 0.0687. The molecule has 3 rings (SSSR count). The summed E-state index contributed by atoms with van der Waals surface area (Å²) in [5.74, 6) is -0.770. The average molecular weight is 380 g/mol. The Bertz CT molecular complexity index is 866. The molecule has 8 heteroatoms. The molecule has 0 radical (unpaired) electrons. The molecule has 3 heterocycles. The zero-order valence-corrected chi connectivity index (χ0v) is 13.3. The third-order valence-corrected chi connectivity index (χ3v) is 3.59. The minimum Gasteiger partial charge on any atom is -0.477 e. The maximum atomic E-state index is 11.4. The molecule has 0 atom stereocenters. The molecule has 0 fully saturated rings. The number of nitrogens with zero attached hydrogens (tertiary/aromatic N) is 4. The number of carboxylic acid groups (broad SMARTS) is 1. The van der Waals surface area contributed by atoms with Gasteiger partial charge in [0, 0.05) is 24.0 Å². The highest BCUT2D eigenvalue weighted by atomic mass is 79.9. The molecule has 0 saturated carbocycles. The van der Waals surface area contributed by atoms with E-state index in [0.717, 1.165) is 0 Å². The van der Waals surface area contributed by atoms with Crippen LogP contribution in [-0.4, -0.2) is 30.8 Å². The summed E-state index contributed by atoms with van der Waals surface area (Å²) in [6.07, 6.45) is 3.16. The number of rotatable bonds is 3. The summed E-state index contributed by atoms with van der Waals surface area (Å²) in [6.45, 7) is 0. The molecule has 1 N–H and O–H groups in total. The number of hydrogen-bond acceptors (Lipinski definition) is 4. The Kier molecular flexibility index (Phi) is 3.91. The van der Waals surface area contributed by atoms with E-state index in [1.165, 1.54) is 10.7 Å². The van der Waals surface area contributed by atoms with Gasteiger partial charge in [-0.05, 0) is 40.2 Å². The van der Waals surface area contributed by atoms with Crippen molar-refractivity contribution >= 4 is 33.5 Å². The standard InChI is InChI=1S/C14H8BrClN4O2/c15-11-7-10(14(21)22)20(19-11)13-8(3-1-6-18-13)12-9(16)4-2-5-17-12/h1-7H,(H,21,22). The van der Waals surface area contributed by atoms with Crippen molar-refractivity contribution in [2.24, 2.45) is 0 Å². The maximum Gasteiger partial charge on any atom is 0.354 e. The molecule has 0 aliphatic heterocycles. The first-order chi connectivity index (χ1) is 10.6. The molecular formula is C14H8BrClN4O2. The van der Waals surface area contributed by atoms with Crippen molar-refractivity contribution in [1.82, 2.24) is 19.7 Å². The van der Waals surface area contributed by atoms with Crippen molar-refractivity contribution in [3.8, 4) is 17.1 Å². The summed E-state index contributed by atoms with van der Waals surface area (Å²) >= 11 is 9.36. The molecule has 22 heavy (non-hydrogen) atoms. The van der Waals surface area contributed by atoms with E-state index in [-0.39, 0.29) is 5.69 Å². The van der Waals surface area contributed by atoms with Gasteiger partial charge in [0.05, 0.1) is 10.7 Å². The number of halogens is 2. The topological polar surface area (TPSA) is 80.9 Å². The fourth-order valence-electron chi connectivity index (χ4n) is 2.00. The van der Waals surface area contributed by atoms with Crippen LogP contribution in [0, 0.1) is 0 Å². The molecule has 0 spiro atoms. The third kappa shape index (κ3) is 2.60. The molecular weight excluding hydrogens is 372 g/mol. The van der Waals surface area contributed by atoms with Gasteiger partial charge in [-0.15, -0.1) is 0 Å². The highest BCUT2D eigenvalue weighted by Gasteiger charge is 2.20. The Balaban J connectivity index is 2.26. The second-order valence-corrected chi connectivity index (χ2v) is 5.50. The Morgan fingerprint density at radius 3 is 2.68 bits per heavy atom. The number of aromatic nitrogens is 4. The first kappa shape index (κ1) is 14.7. The summed E-state index contributed by atoms with van der Waals surface area (Å²) < 4.78 is 1.64. The zero-order valence-electron chi connectivity index (χ0n) is 10.9. The molecule has 0 aromatic carbocycles. The van der Waals surface area contributed by atoms with Crippen LogP contribution in [-0.2, 0) is 0 Å². The van der Waals surface area contributed by atoms with E-state index in [1.54, 1.807) is 36.7 Å². The van der Waals surface area contributed by atoms with Crippen LogP contribution in [0.4, 0.5) is 0 Å². The molecule has 0 saturated heterocycles. The summed E-state index contributed by atoms with van der Waals surface area (Å²) in [5.41, 5.74) is 1.08. The lowest BCUT2D eigenvalue weighted by Crippen LogP contribution is -2.10. The summed E-state index contributed by atoms with van der Waals surface area (Å²) in [5, 5.41) is 13.9. The Hall–Kier alpha value is -2.25. The number of hydrogen-bond donors (Lipinski definition) is 1. The van der Waals surface area contributed by atoms with Crippen LogP contribution in [0.2, 0.25) is 5.02 Å². The predicted octanol–water partition coefficient (Wildman–Crippen LogP) is 3.44. The van der Waals surface area contributed by atoms with Crippen LogP contribution in [0.5, 0.6) is 0 Å². The molecule has 3 aromatic heterocycles. The van der Waals surface area contributed by atoms with Gasteiger partial charge in [0.2, 0.25) is 0 Å². The van der Waals surface area contributed by atoms with E-state index in [1.807, 2.05) is 0 Å². The number of carboxylic acids is 1. The summed E-state index contributed by atoms with van der Waals surface area (Å²) in [7, 11) is 0. The van der Waals surface area contributed by atoms with E-state index in [4.69, 9.17) is 11.6 Å². The number of carbonyl (C=O) groups is 1. The quantitative estimate of drug-likeness (QED) is 0.754. The van der Waals surface area contributed by atoms with Gasteiger partial charge in [-0.3, -0.25) is 4.98 Å². The van der Waals surface area contributed by atoms with Crippen LogP contribution in [0.25, 0.3) is 17.1 Å². The van der Waals surface area contributed by atoms with E-state index in [9.17, 15) is 9.90 Å². The number of pyridine rings is 2. The van der Waals surface area contributed by atoms with Gasteiger partial charge in [0.25, 0.3) is 0 Å². The lowest BCUT2D eigenvalue weighted by atomic mass is 10.1. The van der Waals surface area contributed by atoms with Crippen molar-refractivity contribution < 1.29 is 9.90 Å². The van der Waals surface area contributed by atoms with Crippen molar-refractivity contribution in [3.05, 3.63) is 58.0 Å². The SMILES string of the molecule is O=C(O)c1cc(Br)nn1-c1ncccc1-c1ncccc1Cl. The van der Waals surface area contributed by atoms with Crippen molar-refractivity contribution in [3.63, 3.8) is 0 Å². The largest absolute Gasteiger partial charge is 0.477 e. The summed E-state index contributed by atoms with van der Waals surface area (Å²) in [4.78, 5) is 19.9. The average Bonchev–Trinajstić information content (AvgIpc) is 2.90. The summed E-state index contributed by atoms with van der Waals surface area (Å²) in [6, 6.07) is 8.31. The molecule has 0 bridgehead atoms. The van der Waals surface area contributed by atoms with Crippen LogP contribution >= 0.6 is 27.5 Å². The van der Waals surface area contributed by atoms with Gasteiger partial charge in [-0.2, -0.15) is 5.10 Å². The lowest BCUT2D eigenvalue weighted by Gasteiger charge is -2.10. The first-order valence-electron chi connectivity index (χ1n) is 6.13. The van der Waals surface area contributed by atoms with Gasteiger partial charge < -0.3 is 5.11 Å². The molecule has 0 unspecified atom stereocenters.